The Balaban J connectivity index is 0.00000544. The summed E-state index contributed by atoms with van der Waals surface area (Å²) in [5.74, 6) is 1.45. The Hall–Kier alpha value is -2.05. The number of carbonyl (C=O) groups excluding carboxylic acids is 2. The third-order valence-corrected chi connectivity index (χ3v) is 5.53. The number of halogens is 3. The maximum absolute atomic E-state index is 13.4. The number of benzene rings is 2. The SMILES string of the molecule is C=C(CC(CN(CCCl)CCCl)C(=O)c1ccc(OC)cc1)C(=O)c1ccc(OC)cc1.Cl. The summed E-state index contributed by atoms with van der Waals surface area (Å²) in [4.78, 5) is 28.3. The molecule has 180 valence electrons. The number of rotatable bonds is 14. The van der Waals surface area contributed by atoms with Gasteiger partial charge in [-0.05, 0) is 60.5 Å². The molecular formula is C25H30Cl3NO4. The Bertz CT molecular complexity index is 895. The van der Waals surface area contributed by atoms with Crippen LogP contribution < -0.4 is 9.47 Å². The topological polar surface area (TPSA) is 55.8 Å². The van der Waals surface area contributed by atoms with Gasteiger partial charge in [0.2, 0.25) is 0 Å². The second-order valence-electron chi connectivity index (χ2n) is 7.33. The molecule has 0 amide bonds. The molecule has 0 aliphatic rings. The molecule has 0 bridgehead atoms. The first-order valence-corrected chi connectivity index (χ1v) is 11.4. The van der Waals surface area contributed by atoms with Crippen molar-refractivity contribution < 1.29 is 19.1 Å². The van der Waals surface area contributed by atoms with Crippen molar-refractivity contribution >= 4 is 47.2 Å². The predicted molar refractivity (Wildman–Crippen MR) is 137 cm³/mol. The molecule has 0 aliphatic carbocycles. The molecule has 5 nitrogen and oxygen atoms in total. The molecule has 0 aliphatic heterocycles. The van der Waals surface area contributed by atoms with Crippen LogP contribution >= 0.6 is 35.6 Å². The lowest BCUT2D eigenvalue weighted by Gasteiger charge is -2.26. The molecule has 1 unspecified atom stereocenters. The van der Waals surface area contributed by atoms with Crippen LogP contribution in [0.25, 0.3) is 0 Å². The van der Waals surface area contributed by atoms with Crippen LogP contribution in [-0.4, -0.2) is 62.1 Å². The number of hydrogen-bond acceptors (Lipinski definition) is 5. The van der Waals surface area contributed by atoms with Crippen molar-refractivity contribution in [3.8, 4) is 11.5 Å². The quantitative estimate of drug-likeness (QED) is 0.188. The molecule has 0 saturated carbocycles. The van der Waals surface area contributed by atoms with Crippen molar-refractivity contribution in [1.82, 2.24) is 4.90 Å². The monoisotopic (exact) mass is 513 g/mol. The number of ether oxygens (including phenoxy) is 2. The first kappa shape index (κ1) is 29.0. The summed E-state index contributed by atoms with van der Waals surface area (Å²) in [7, 11) is 3.14. The van der Waals surface area contributed by atoms with Crippen molar-refractivity contribution in [3.63, 3.8) is 0 Å². The van der Waals surface area contributed by atoms with E-state index in [2.05, 4.69) is 6.58 Å². The molecule has 0 heterocycles. The highest BCUT2D eigenvalue weighted by Crippen LogP contribution is 2.23. The van der Waals surface area contributed by atoms with E-state index in [4.69, 9.17) is 32.7 Å². The minimum Gasteiger partial charge on any atom is -0.497 e. The van der Waals surface area contributed by atoms with Gasteiger partial charge in [-0.3, -0.25) is 9.59 Å². The fraction of sp³-hybridized carbons (Fsp3) is 0.360. The molecule has 33 heavy (non-hydrogen) atoms. The fourth-order valence-corrected chi connectivity index (χ4v) is 3.89. The van der Waals surface area contributed by atoms with E-state index in [0.29, 0.717) is 59.6 Å². The number of hydrogen-bond donors (Lipinski definition) is 0. The first-order valence-electron chi connectivity index (χ1n) is 10.3. The van der Waals surface area contributed by atoms with Crippen molar-refractivity contribution in [2.24, 2.45) is 5.92 Å². The summed E-state index contributed by atoms with van der Waals surface area (Å²) in [5, 5.41) is 0. The maximum Gasteiger partial charge on any atom is 0.188 e. The van der Waals surface area contributed by atoms with Gasteiger partial charge in [0, 0.05) is 48.4 Å². The lowest BCUT2D eigenvalue weighted by Crippen LogP contribution is -2.36. The number of allylic oxidation sites excluding steroid dienone is 1. The van der Waals surface area contributed by atoms with E-state index in [1.807, 2.05) is 4.90 Å². The van der Waals surface area contributed by atoms with Gasteiger partial charge in [-0.1, -0.05) is 6.58 Å². The highest BCUT2D eigenvalue weighted by atomic mass is 35.5. The zero-order valence-corrected chi connectivity index (χ0v) is 21.2. The van der Waals surface area contributed by atoms with E-state index in [-0.39, 0.29) is 30.4 Å². The van der Waals surface area contributed by atoms with Crippen LogP contribution in [0, 0.1) is 5.92 Å². The van der Waals surface area contributed by atoms with Gasteiger partial charge in [0.15, 0.2) is 11.6 Å². The molecule has 0 spiro atoms. The Morgan fingerprint density at radius 2 is 1.33 bits per heavy atom. The zero-order valence-electron chi connectivity index (χ0n) is 18.9. The van der Waals surface area contributed by atoms with E-state index in [1.165, 1.54) is 0 Å². The molecule has 2 rings (SSSR count). The zero-order chi connectivity index (χ0) is 23.5. The summed E-state index contributed by atoms with van der Waals surface area (Å²) in [5.41, 5.74) is 1.43. The van der Waals surface area contributed by atoms with E-state index < -0.39 is 5.92 Å². The normalized spacial score (nSPS) is 11.4. The third kappa shape index (κ3) is 8.67. The molecule has 0 saturated heterocycles. The Labute approximate surface area is 212 Å². The van der Waals surface area contributed by atoms with Crippen molar-refractivity contribution in [2.45, 2.75) is 6.42 Å². The van der Waals surface area contributed by atoms with Gasteiger partial charge >= 0.3 is 0 Å². The van der Waals surface area contributed by atoms with Crippen LogP contribution in [0.5, 0.6) is 11.5 Å². The molecule has 0 N–H and O–H groups in total. The molecule has 2 aromatic rings. The molecule has 8 heteroatoms. The van der Waals surface area contributed by atoms with Gasteiger partial charge in [-0.15, -0.1) is 35.6 Å². The van der Waals surface area contributed by atoms with Crippen molar-refractivity contribution in [3.05, 3.63) is 71.8 Å². The lowest BCUT2D eigenvalue weighted by atomic mass is 9.88. The van der Waals surface area contributed by atoms with Crippen molar-refractivity contribution in [1.29, 1.82) is 0 Å². The summed E-state index contributed by atoms with van der Waals surface area (Å²) < 4.78 is 10.3. The van der Waals surface area contributed by atoms with Crippen molar-refractivity contribution in [2.75, 3.05) is 45.6 Å². The lowest BCUT2D eigenvalue weighted by molar-refractivity contribution is 0.0880. The largest absolute Gasteiger partial charge is 0.497 e. The van der Waals surface area contributed by atoms with E-state index in [0.717, 1.165) is 0 Å². The van der Waals surface area contributed by atoms with Crippen LogP contribution in [0.3, 0.4) is 0 Å². The van der Waals surface area contributed by atoms with Gasteiger partial charge in [-0.2, -0.15) is 0 Å². The fourth-order valence-electron chi connectivity index (χ4n) is 3.41. The minimum absolute atomic E-state index is 0. The highest BCUT2D eigenvalue weighted by molar-refractivity contribution is 6.18. The van der Waals surface area contributed by atoms with Crippen LogP contribution in [0.15, 0.2) is 60.7 Å². The first-order chi connectivity index (χ1) is 15.4. The minimum atomic E-state index is -0.468. The summed E-state index contributed by atoms with van der Waals surface area (Å²) in [6, 6.07) is 13.8. The Morgan fingerprint density at radius 1 is 0.879 bits per heavy atom. The average molecular weight is 515 g/mol. The summed E-state index contributed by atoms with van der Waals surface area (Å²) in [6.07, 6.45) is 0.233. The summed E-state index contributed by atoms with van der Waals surface area (Å²) in [6.45, 7) is 5.62. The van der Waals surface area contributed by atoms with E-state index >= 15 is 0 Å². The number of methoxy groups -OCH3 is 2. The molecule has 0 fully saturated rings. The van der Waals surface area contributed by atoms with E-state index in [1.54, 1.807) is 62.8 Å². The van der Waals surface area contributed by atoms with Gasteiger partial charge in [0.05, 0.1) is 14.2 Å². The third-order valence-electron chi connectivity index (χ3n) is 5.19. The second-order valence-corrected chi connectivity index (χ2v) is 8.09. The van der Waals surface area contributed by atoms with Crippen LogP contribution in [0.4, 0.5) is 0 Å². The molecule has 1 atom stereocenters. The van der Waals surface area contributed by atoms with Gasteiger partial charge in [0.1, 0.15) is 11.5 Å². The molecular weight excluding hydrogens is 485 g/mol. The van der Waals surface area contributed by atoms with Crippen LogP contribution in [-0.2, 0) is 0 Å². The number of nitrogens with zero attached hydrogens (tertiary/aromatic N) is 1. The molecule has 2 aromatic carbocycles. The van der Waals surface area contributed by atoms with Gasteiger partial charge in [-0.25, -0.2) is 0 Å². The number of carbonyl (C=O) groups is 2. The second kappa shape index (κ2) is 15.0. The standard InChI is InChI=1S/C25H29Cl2NO4.ClH/c1-18(24(29)19-4-8-22(31-2)9-5-19)16-21(17-28(14-12-26)15-13-27)25(30)20-6-10-23(32-3)11-7-20;/h4-11,21H,1,12-17H2,2-3H3;1H. The molecule has 0 radical (unpaired) electrons. The van der Waals surface area contributed by atoms with Gasteiger partial charge in [0.25, 0.3) is 0 Å². The van der Waals surface area contributed by atoms with E-state index in [9.17, 15) is 9.59 Å². The predicted octanol–water partition coefficient (Wildman–Crippen LogP) is 5.53. The highest BCUT2D eigenvalue weighted by Gasteiger charge is 2.26. The smallest absolute Gasteiger partial charge is 0.188 e. The number of ketones is 2. The van der Waals surface area contributed by atoms with Gasteiger partial charge < -0.3 is 14.4 Å². The Morgan fingerprint density at radius 3 is 1.76 bits per heavy atom. The van der Waals surface area contributed by atoms with Crippen LogP contribution in [0.1, 0.15) is 27.1 Å². The average Bonchev–Trinajstić information content (AvgIpc) is 2.83. The Kier molecular flexibility index (Phi) is 13.1. The maximum atomic E-state index is 13.4. The molecule has 0 aromatic heterocycles. The number of Topliss-reactive ketones (excluding diaryl/α,β-unsaturated/α-hetero) is 2. The van der Waals surface area contributed by atoms with Crippen LogP contribution in [0.2, 0.25) is 0 Å². The number of alkyl halides is 2. The summed E-state index contributed by atoms with van der Waals surface area (Å²) >= 11 is 11.9.